The van der Waals surface area contributed by atoms with Crippen LogP contribution in [0.4, 0.5) is 4.39 Å². The predicted molar refractivity (Wildman–Crippen MR) is 210 cm³/mol. The molecule has 6 N–H and O–H groups in total. The number of unbranched alkanes of at least 4 members (excludes halogenated alkanes) is 10. The first-order valence-electron chi connectivity index (χ1n) is 20.4. The molecule has 19 nitrogen and oxygen atoms in total. The highest BCUT2D eigenvalue weighted by atomic mass is 19.1. The number of esters is 2. The molecule has 0 unspecified atom stereocenters. The van der Waals surface area contributed by atoms with Gasteiger partial charge in [-0.15, -0.1) is 0 Å². The summed E-state index contributed by atoms with van der Waals surface area (Å²) in [4.78, 5) is 112. The van der Waals surface area contributed by atoms with Crippen molar-refractivity contribution in [1.29, 1.82) is 0 Å². The number of aliphatic carboxylic acids is 1. The number of halogens is 1. The SMILES string of the molecule is CCCCCCCCCCCCCC(=O)OC[C@H](NC(C)=O)C(=O)NCCC(=O)N[C@@H](CCC(=O)OC[C@H]1O[C@@H](n2cc(C)c(=O)[nH]c2=O)C[C@@H]1F)C(=O)NCC(=O)O. The van der Waals surface area contributed by atoms with Crippen molar-refractivity contribution in [3.8, 4) is 0 Å². The second-order valence-electron chi connectivity index (χ2n) is 14.6. The van der Waals surface area contributed by atoms with E-state index < -0.39 is 110 Å². The third-order valence-corrected chi connectivity index (χ3v) is 9.47. The highest BCUT2D eigenvalue weighted by Crippen LogP contribution is 2.30. The Balaban J connectivity index is 1.79. The third kappa shape index (κ3) is 20.4. The maximum Gasteiger partial charge on any atom is 0.330 e. The second-order valence-corrected chi connectivity index (χ2v) is 14.6. The van der Waals surface area contributed by atoms with Crippen molar-refractivity contribution >= 4 is 41.5 Å². The summed E-state index contributed by atoms with van der Waals surface area (Å²) >= 11 is 0. The number of H-pyrrole nitrogens is 1. The van der Waals surface area contributed by atoms with Gasteiger partial charge in [-0.1, -0.05) is 71.1 Å². The molecule has 1 aliphatic rings. The molecule has 1 aliphatic heterocycles. The highest BCUT2D eigenvalue weighted by Gasteiger charge is 2.38. The Morgan fingerprint density at radius 2 is 1.47 bits per heavy atom. The summed E-state index contributed by atoms with van der Waals surface area (Å²) < 4.78 is 31.6. The molecule has 0 aromatic carbocycles. The molecule has 0 saturated carbocycles. The smallest absolute Gasteiger partial charge is 0.330 e. The molecule has 2 rings (SSSR count). The standard InChI is InChI=1S/C39H61FN6O13/c1-4-5-6-7-8-9-10-11-12-13-14-15-34(51)57-23-29(43-26(3)47)38(55)41-19-18-31(48)44-28(37(54)42-21-33(49)50)16-17-35(52)58-24-30-27(40)20-32(59-30)46-22-25(2)36(53)45-39(46)56/h22,27-30,32H,4-21,23-24H2,1-3H3,(H,41,55)(H,42,54)(H,43,47)(H,44,48)(H,49,50)(H,45,53,56)/t27-,28-,29-,30+,32+/m0/s1. The van der Waals surface area contributed by atoms with Gasteiger partial charge in [-0.3, -0.25) is 47.9 Å². The molecule has 1 aromatic rings. The van der Waals surface area contributed by atoms with Gasteiger partial charge < -0.3 is 40.6 Å². The fourth-order valence-electron chi connectivity index (χ4n) is 6.17. The fourth-order valence-corrected chi connectivity index (χ4v) is 6.17. The van der Waals surface area contributed by atoms with E-state index >= 15 is 0 Å². The first kappa shape index (κ1) is 50.0. The summed E-state index contributed by atoms with van der Waals surface area (Å²) in [7, 11) is 0. The van der Waals surface area contributed by atoms with Crippen molar-refractivity contribution in [3.05, 3.63) is 32.6 Å². The molecular formula is C39H61FN6O13. The number of aromatic amines is 1. The molecule has 1 saturated heterocycles. The van der Waals surface area contributed by atoms with E-state index in [9.17, 15) is 47.5 Å². The number of aromatic nitrogens is 2. The van der Waals surface area contributed by atoms with Crippen molar-refractivity contribution in [3.63, 3.8) is 0 Å². The van der Waals surface area contributed by atoms with Gasteiger partial charge in [0.05, 0.1) is 0 Å². The van der Waals surface area contributed by atoms with E-state index in [4.69, 9.17) is 19.3 Å². The number of aryl methyl sites for hydroxylation is 1. The van der Waals surface area contributed by atoms with Gasteiger partial charge in [0, 0.05) is 50.9 Å². The molecule has 4 amide bonds. The first-order valence-corrected chi connectivity index (χ1v) is 20.4. The summed E-state index contributed by atoms with van der Waals surface area (Å²) in [6.07, 6.45) is 8.33. The van der Waals surface area contributed by atoms with Crippen molar-refractivity contribution in [2.75, 3.05) is 26.3 Å². The Labute approximate surface area is 342 Å². The molecular weight excluding hydrogens is 779 g/mol. The molecule has 2 heterocycles. The van der Waals surface area contributed by atoms with Crippen LogP contribution in [0.25, 0.3) is 0 Å². The average Bonchev–Trinajstić information content (AvgIpc) is 3.55. The number of hydrogen-bond acceptors (Lipinski definition) is 12. The number of carboxylic acids is 1. The molecule has 332 valence electrons. The number of nitrogens with zero attached hydrogens (tertiary/aromatic N) is 1. The summed E-state index contributed by atoms with van der Waals surface area (Å²) in [5.41, 5.74) is -1.20. The van der Waals surface area contributed by atoms with Gasteiger partial charge in [-0.05, 0) is 19.8 Å². The monoisotopic (exact) mass is 840 g/mol. The van der Waals surface area contributed by atoms with Crippen LogP contribution >= 0.6 is 0 Å². The number of carbonyl (C=O) groups is 7. The Bertz CT molecular complexity index is 1670. The Morgan fingerprint density at radius 3 is 2.10 bits per heavy atom. The van der Waals surface area contributed by atoms with Crippen molar-refractivity contribution in [1.82, 2.24) is 30.8 Å². The zero-order chi connectivity index (χ0) is 43.7. The normalized spacial score (nSPS) is 17.0. The van der Waals surface area contributed by atoms with Crippen LogP contribution in [0.5, 0.6) is 0 Å². The summed E-state index contributed by atoms with van der Waals surface area (Å²) in [6.45, 7) is 2.81. The summed E-state index contributed by atoms with van der Waals surface area (Å²) in [6, 6.07) is -2.64. The van der Waals surface area contributed by atoms with Crippen molar-refractivity contribution < 1.29 is 57.3 Å². The lowest BCUT2D eigenvalue weighted by Crippen LogP contribution is -2.50. The molecule has 1 aromatic heterocycles. The minimum absolute atomic E-state index is 0.167. The van der Waals surface area contributed by atoms with E-state index in [0.29, 0.717) is 6.42 Å². The summed E-state index contributed by atoms with van der Waals surface area (Å²) in [5, 5.41) is 18.3. The van der Waals surface area contributed by atoms with Crippen LogP contribution in [-0.2, 0) is 47.8 Å². The van der Waals surface area contributed by atoms with E-state index in [2.05, 4.69) is 33.2 Å². The number of alkyl halides is 1. The minimum Gasteiger partial charge on any atom is -0.480 e. The third-order valence-electron chi connectivity index (χ3n) is 9.47. The molecule has 0 bridgehead atoms. The predicted octanol–water partition coefficient (Wildman–Crippen LogP) is 1.73. The number of amides is 4. The van der Waals surface area contributed by atoms with Gasteiger partial charge in [0.15, 0.2) is 0 Å². The number of rotatable bonds is 29. The topological polar surface area (TPSA) is 270 Å². The first-order chi connectivity index (χ1) is 28.1. The molecule has 5 atom stereocenters. The van der Waals surface area contributed by atoms with Crippen LogP contribution in [0.3, 0.4) is 0 Å². The van der Waals surface area contributed by atoms with Gasteiger partial charge in [0.2, 0.25) is 23.6 Å². The molecule has 0 radical (unpaired) electrons. The van der Waals surface area contributed by atoms with Crippen LogP contribution in [0.1, 0.15) is 128 Å². The molecule has 1 fully saturated rings. The zero-order valence-electron chi connectivity index (χ0n) is 34.3. The van der Waals surface area contributed by atoms with Crippen LogP contribution in [0.15, 0.2) is 15.8 Å². The second kappa shape index (κ2) is 27.5. The van der Waals surface area contributed by atoms with Crippen LogP contribution in [0.2, 0.25) is 0 Å². The number of hydrogen-bond donors (Lipinski definition) is 6. The van der Waals surface area contributed by atoms with E-state index in [0.717, 1.165) is 23.8 Å². The molecule has 59 heavy (non-hydrogen) atoms. The van der Waals surface area contributed by atoms with Gasteiger partial charge in [-0.25, -0.2) is 9.18 Å². The lowest BCUT2D eigenvalue weighted by atomic mass is 10.1. The molecule has 20 heteroatoms. The quantitative estimate of drug-likeness (QED) is 0.0496. The van der Waals surface area contributed by atoms with E-state index in [1.807, 2.05) is 0 Å². The lowest BCUT2D eigenvalue weighted by molar-refractivity contribution is -0.150. The molecule has 0 spiro atoms. The van der Waals surface area contributed by atoms with Gasteiger partial charge in [-0.2, -0.15) is 0 Å². The van der Waals surface area contributed by atoms with Crippen LogP contribution in [-0.4, -0.2) is 107 Å². The van der Waals surface area contributed by atoms with Gasteiger partial charge in [0.1, 0.15) is 50.3 Å². The minimum atomic E-state index is -1.63. The lowest BCUT2D eigenvalue weighted by Gasteiger charge is -2.19. The van der Waals surface area contributed by atoms with E-state index in [-0.39, 0.29) is 37.8 Å². The number of carbonyl (C=O) groups excluding carboxylic acids is 6. The Kier molecular flexibility index (Phi) is 23.3. The van der Waals surface area contributed by atoms with Gasteiger partial charge >= 0.3 is 23.6 Å². The maximum absolute atomic E-state index is 14.7. The summed E-state index contributed by atoms with van der Waals surface area (Å²) in [5.74, 6) is -5.75. The van der Waals surface area contributed by atoms with Crippen molar-refractivity contribution in [2.45, 2.75) is 154 Å². The Hall–Kier alpha value is -5.14. The average molecular weight is 841 g/mol. The van der Waals surface area contributed by atoms with E-state index in [1.165, 1.54) is 65.0 Å². The highest BCUT2D eigenvalue weighted by molar-refractivity contribution is 5.90. The number of nitrogens with one attached hydrogen (secondary N) is 5. The zero-order valence-corrected chi connectivity index (χ0v) is 34.3. The number of ether oxygens (including phenoxy) is 3. The largest absolute Gasteiger partial charge is 0.480 e. The maximum atomic E-state index is 14.7. The van der Waals surface area contributed by atoms with Crippen molar-refractivity contribution in [2.24, 2.45) is 0 Å². The van der Waals surface area contributed by atoms with Crippen LogP contribution in [0, 0.1) is 6.92 Å². The number of carboxylic acid groups (broad SMARTS) is 1. The van der Waals surface area contributed by atoms with E-state index in [1.54, 1.807) is 0 Å². The van der Waals surface area contributed by atoms with Crippen LogP contribution < -0.4 is 32.5 Å². The fraction of sp³-hybridized carbons (Fsp3) is 0.718. The van der Waals surface area contributed by atoms with Gasteiger partial charge in [0.25, 0.3) is 5.56 Å². The molecule has 0 aliphatic carbocycles. The Morgan fingerprint density at radius 1 is 0.864 bits per heavy atom.